The third kappa shape index (κ3) is 5.33. The van der Waals surface area contributed by atoms with Gasteiger partial charge in [-0.3, -0.25) is 0 Å². The van der Waals surface area contributed by atoms with Crippen LogP contribution in [-0.2, 0) is 22.9 Å². The maximum absolute atomic E-state index is 5.15. The molecule has 0 amide bonds. The van der Waals surface area contributed by atoms with Gasteiger partial charge in [0.25, 0.3) is 0 Å². The highest BCUT2D eigenvalue weighted by atomic mass is 32.1. The number of hydrogen-bond donors (Lipinski definition) is 0. The Hall–Kier alpha value is -2.99. The van der Waals surface area contributed by atoms with Crippen molar-refractivity contribution in [3.05, 3.63) is 107 Å². The Balaban J connectivity index is 1.65. The molecular weight excluding hydrogens is 392 g/mol. The van der Waals surface area contributed by atoms with Gasteiger partial charge in [-0.25, -0.2) is 14.8 Å². The summed E-state index contributed by atoms with van der Waals surface area (Å²) in [5, 5.41) is 0. The van der Waals surface area contributed by atoms with Crippen LogP contribution in [0.3, 0.4) is 0 Å². The largest absolute Gasteiger partial charge is 0.319 e. The predicted molar refractivity (Wildman–Crippen MR) is 121 cm³/mol. The van der Waals surface area contributed by atoms with E-state index in [1.807, 2.05) is 43.3 Å². The molecule has 0 saturated carbocycles. The van der Waals surface area contributed by atoms with E-state index in [0.29, 0.717) is 13.2 Å². The molecule has 30 heavy (non-hydrogen) atoms. The number of nitrogens with zero attached hydrogens (tertiary/aromatic N) is 2. The third-order valence-corrected chi connectivity index (χ3v) is 5.63. The Labute approximate surface area is 180 Å². The Morgan fingerprint density at radius 1 is 0.800 bits per heavy atom. The summed E-state index contributed by atoms with van der Waals surface area (Å²) in [7, 11) is 0. The van der Waals surface area contributed by atoms with Crippen LogP contribution < -0.4 is 4.80 Å². The maximum Gasteiger partial charge on any atom is 0.190 e. The minimum atomic E-state index is 0.446. The summed E-state index contributed by atoms with van der Waals surface area (Å²) in [5.41, 5.74) is 4.45. The predicted octanol–water partition coefficient (Wildman–Crippen LogP) is 5.97. The molecule has 0 bridgehead atoms. The lowest BCUT2D eigenvalue weighted by molar-refractivity contribution is -0.300. The molecule has 0 aliphatic carbocycles. The maximum atomic E-state index is 5.15. The van der Waals surface area contributed by atoms with Gasteiger partial charge >= 0.3 is 0 Å². The van der Waals surface area contributed by atoms with Gasteiger partial charge in [0.15, 0.2) is 4.80 Å². The number of hydrogen-bond acceptors (Lipinski definition) is 4. The minimum Gasteiger partial charge on any atom is -0.319 e. The van der Waals surface area contributed by atoms with Crippen LogP contribution in [0, 0.1) is 0 Å². The van der Waals surface area contributed by atoms with E-state index in [1.54, 1.807) is 11.3 Å². The van der Waals surface area contributed by atoms with Crippen molar-refractivity contribution in [3.8, 4) is 10.4 Å². The normalized spacial score (nSPS) is 11.7. The van der Waals surface area contributed by atoms with Crippen molar-refractivity contribution in [3.63, 3.8) is 0 Å². The lowest BCUT2D eigenvalue weighted by Gasteiger charge is -2.04. The number of para-hydroxylation sites is 1. The Morgan fingerprint density at radius 2 is 1.50 bits per heavy atom. The molecule has 0 N–H and O–H groups in total. The second-order valence-electron chi connectivity index (χ2n) is 6.80. The van der Waals surface area contributed by atoms with Crippen molar-refractivity contribution in [1.29, 1.82) is 0 Å². The first-order valence-corrected chi connectivity index (χ1v) is 10.8. The molecule has 0 spiro atoms. The third-order valence-electron chi connectivity index (χ3n) is 4.56. The van der Waals surface area contributed by atoms with Crippen molar-refractivity contribution in [2.24, 2.45) is 4.99 Å². The molecule has 4 aromatic rings. The minimum absolute atomic E-state index is 0.446. The van der Waals surface area contributed by atoms with E-state index < -0.39 is 0 Å². The van der Waals surface area contributed by atoms with E-state index in [2.05, 4.69) is 59.3 Å². The van der Waals surface area contributed by atoms with Crippen LogP contribution in [0.25, 0.3) is 10.4 Å². The van der Waals surface area contributed by atoms with Crippen molar-refractivity contribution in [2.45, 2.75) is 20.1 Å². The highest BCUT2D eigenvalue weighted by Gasteiger charge is 2.07. The lowest BCUT2D eigenvalue weighted by Crippen LogP contribution is -2.14. The Kier molecular flexibility index (Phi) is 6.87. The Bertz CT molecular complexity index is 1120. The van der Waals surface area contributed by atoms with Gasteiger partial charge in [-0.05, 0) is 35.7 Å². The summed E-state index contributed by atoms with van der Waals surface area (Å²) < 4.78 is 2.22. The summed E-state index contributed by atoms with van der Waals surface area (Å²) in [4.78, 5) is 17.2. The van der Waals surface area contributed by atoms with Gasteiger partial charge in [-0.2, -0.15) is 0 Å². The average molecular weight is 417 g/mol. The second-order valence-corrected chi connectivity index (χ2v) is 7.81. The van der Waals surface area contributed by atoms with Crippen LogP contribution >= 0.6 is 11.3 Å². The zero-order valence-corrected chi connectivity index (χ0v) is 17.7. The van der Waals surface area contributed by atoms with Gasteiger partial charge in [-0.15, -0.1) is 0 Å². The van der Waals surface area contributed by atoms with Crippen LogP contribution in [0.2, 0.25) is 0 Å². The molecule has 4 rings (SSSR count). The molecular formula is C25H24N2O2S. The van der Waals surface area contributed by atoms with Crippen molar-refractivity contribution in [1.82, 2.24) is 4.57 Å². The average Bonchev–Trinajstić information content (AvgIpc) is 3.18. The molecule has 3 aromatic carbocycles. The quantitative estimate of drug-likeness (QED) is 0.202. The zero-order chi connectivity index (χ0) is 20.6. The van der Waals surface area contributed by atoms with Gasteiger partial charge in [0, 0.05) is 12.7 Å². The van der Waals surface area contributed by atoms with E-state index in [9.17, 15) is 0 Å². The summed E-state index contributed by atoms with van der Waals surface area (Å²) in [5.74, 6) is 0. The van der Waals surface area contributed by atoms with E-state index in [1.165, 1.54) is 10.4 Å². The molecule has 0 unspecified atom stereocenters. The van der Waals surface area contributed by atoms with Gasteiger partial charge in [0.2, 0.25) is 0 Å². The van der Waals surface area contributed by atoms with Crippen LogP contribution in [0.1, 0.15) is 18.1 Å². The molecule has 1 heterocycles. The van der Waals surface area contributed by atoms with E-state index in [0.717, 1.165) is 28.2 Å². The van der Waals surface area contributed by atoms with Gasteiger partial charge < -0.3 is 4.57 Å². The standard InChI is InChI=1S/C25H24N2O2S/c1-2-28-29-19-21-13-15-22(16-14-21)24-18-27(17-20-9-5-3-6-10-20)25(30-24)26-23-11-7-4-8-12-23/h3-16,18H,2,17,19H2,1H3/b26-25+. The highest BCUT2D eigenvalue weighted by molar-refractivity contribution is 7.12. The van der Waals surface area contributed by atoms with Gasteiger partial charge in [0.1, 0.15) is 6.61 Å². The molecule has 0 atom stereocenters. The molecule has 0 saturated heterocycles. The number of thiazole rings is 1. The highest BCUT2D eigenvalue weighted by Crippen LogP contribution is 2.24. The summed E-state index contributed by atoms with van der Waals surface area (Å²) in [6, 6.07) is 28.9. The summed E-state index contributed by atoms with van der Waals surface area (Å²) >= 11 is 1.69. The van der Waals surface area contributed by atoms with Crippen LogP contribution in [0.5, 0.6) is 0 Å². The molecule has 0 aliphatic rings. The molecule has 4 nitrogen and oxygen atoms in total. The number of aromatic nitrogens is 1. The molecule has 152 valence electrons. The summed E-state index contributed by atoms with van der Waals surface area (Å²) in [6.07, 6.45) is 2.19. The van der Waals surface area contributed by atoms with Crippen molar-refractivity contribution in [2.75, 3.05) is 6.61 Å². The zero-order valence-electron chi connectivity index (χ0n) is 16.9. The fourth-order valence-electron chi connectivity index (χ4n) is 3.07. The van der Waals surface area contributed by atoms with Crippen LogP contribution in [0.4, 0.5) is 5.69 Å². The van der Waals surface area contributed by atoms with E-state index >= 15 is 0 Å². The fraction of sp³-hybridized carbons (Fsp3) is 0.160. The lowest BCUT2D eigenvalue weighted by atomic mass is 10.1. The van der Waals surface area contributed by atoms with E-state index in [-0.39, 0.29) is 0 Å². The molecule has 1 aromatic heterocycles. The fourth-order valence-corrected chi connectivity index (χ4v) is 4.08. The van der Waals surface area contributed by atoms with Crippen molar-refractivity contribution >= 4 is 17.0 Å². The molecule has 0 radical (unpaired) electrons. The SMILES string of the molecule is CCOOCc1ccc(-c2cn(Cc3ccccc3)/c(=N\c3ccccc3)s2)cc1. The van der Waals surface area contributed by atoms with Crippen LogP contribution in [-0.4, -0.2) is 11.2 Å². The smallest absolute Gasteiger partial charge is 0.190 e. The summed E-state index contributed by atoms with van der Waals surface area (Å²) in [6.45, 7) is 3.68. The van der Waals surface area contributed by atoms with Crippen LogP contribution in [0.15, 0.2) is 96.1 Å². The monoisotopic (exact) mass is 416 g/mol. The first-order valence-electron chi connectivity index (χ1n) is 9.99. The van der Waals surface area contributed by atoms with E-state index in [4.69, 9.17) is 14.8 Å². The number of benzene rings is 3. The first-order chi connectivity index (χ1) is 14.8. The topological polar surface area (TPSA) is 35.8 Å². The molecule has 0 fully saturated rings. The first kappa shape index (κ1) is 20.3. The van der Waals surface area contributed by atoms with Crippen molar-refractivity contribution < 1.29 is 9.78 Å². The van der Waals surface area contributed by atoms with Gasteiger partial charge in [-0.1, -0.05) is 84.1 Å². The second kappa shape index (κ2) is 10.2. The van der Waals surface area contributed by atoms with Gasteiger partial charge in [0.05, 0.1) is 17.2 Å². The molecule has 5 heteroatoms. The molecule has 0 aliphatic heterocycles. The number of rotatable bonds is 8. The Morgan fingerprint density at radius 3 is 2.20 bits per heavy atom.